The average Bonchev–Trinajstić information content (AvgIpc) is 3.09. The fourth-order valence-corrected chi connectivity index (χ4v) is 4.19. The van der Waals surface area contributed by atoms with Crippen molar-refractivity contribution in [3.63, 3.8) is 0 Å². The molecule has 0 aliphatic heterocycles. The second kappa shape index (κ2) is 6.99. The van der Waals surface area contributed by atoms with Gasteiger partial charge >= 0.3 is 0 Å². The van der Waals surface area contributed by atoms with E-state index >= 15 is 0 Å². The highest BCUT2D eigenvalue weighted by molar-refractivity contribution is 7.17. The van der Waals surface area contributed by atoms with Crippen LogP contribution in [0.3, 0.4) is 0 Å². The summed E-state index contributed by atoms with van der Waals surface area (Å²) < 4.78 is 1.66. The second-order valence-corrected chi connectivity index (χ2v) is 7.49. The summed E-state index contributed by atoms with van der Waals surface area (Å²) >= 11 is 7.45. The van der Waals surface area contributed by atoms with E-state index in [1.54, 1.807) is 16.7 Å². The summed E-state index contributed by atoms with van der Waals surface area (Å²) in [4.78, 5) is 18.6. The van der Waals surface area contributed by atoms with Crippen LogP contribution in [-0.2, 0) is 6.54 Å². The molecule has 0 aliphatic carbocycles. The fourth-order valence-electron chi connectivity index (χ4n) is 3.08. The van der Waals surface area contributed by atoms with Crippen molar-refractivity contribution in [1.82, 2.24) is 9.55 Å². The van der Waals surface area contributed by atoms with Crippen LogP contribution in [0.1, 0.15) is 17.0 Å². The summed E-state index contributed by atoms with van der Waals surface area (Å²) in [6.07, 6.45) is 0. The minimum absolute atomic E-state index is 0.0777. The summed E-state index contributed by atoms with van der Waals surface area (Å²) in [6, 6.07) is 16.8. The Morgan fingerprint density at radius 3 is 2.74 bits per heavy atom. The monoisotopic (exact) mass is 391 g/mol. The first-order valence-corrected chi connectivity index (χ1v) is 9.56. The van der Waals surface area contributed by atoms with Crippen molar-refractivity contribution < 1.29 is 0 Å². The minimum Gasteiger partial charge on any atom is -0.292 e. The van der Waals surface area contributed by atoms with Gasteiger partial charge < -0.3 is 0 Å². The normalized spacial score (nSPS) is 10.9. The molecule has 6 heteroatoms. The quantitative estimate of drug-likeness (QED) is 0.493. The molecule has 0 saturated carbocycles. The average molecular weight is 392 g/mol. The van der Waals surface area contributed by atoms with Gasteiger partial charge in [-0.3, -0.25) is 9.36 Å². The number of benzene rings is 2. The molecule has 0 spiro atoms. The summed E-state index contributed by atoms with van der Waals surface area (Å²) in [7, 11) is 0. The van der Waals surface area contributed by atoms with Crippen LogP contribution in [0.4, 0.5) is 0 Å². The molecule has 2 aromatic heterocycles. The summed E-state index contributed by atoms with van der Waals surface area (Å²) in [5.74, 6) is 0.652. The van der Waals surface area contributed by atoms with Crippen molar-refractivity contribution in [2.45, 2.75) is 13.5 Å². The molecule has 0 unspecified atom stereocenters. The molecule has 4 nitrogen and oxygen atoms in total. The van der Waals surface area contributed by atoms with Crippen LogP contribution >= 0.6 is 22.9 Å². The number of halogens is 1. The van der Waals surface area contributed by atoms with E-state index in [9.17, 15) is 4.79 Å². The van der Waals surface area contributed by atoms with Gasteiger partial charge in [-0.15, -0.1) is 11.3 Å². The van der Waals surface area contributed by atoms with Gasteiger partial charge in [0.1, 0.15) is 10.7 Å². The Morgan fingerprint density at radius 2 is 2.00 bits per heavy atom. The van der Waals surface area contributed by atoms with Gasteiger partial charge in [-0.2, -0.15) is 5.26 Å². The lowest BCUT2D eigenvalue weighted by atomic mass is 10.1. The van der Waals surface area contributed by atoms with Gasteiger partial charge in [-0.25, -0.2) is 4.98 Å². The Bertz CT molecular complexity index is 1250. The van der Waals surface area contributed by atoms with Crippen molar-refractivity contribution in [2.75, 3.05) is 0 Å². The molecule has 132 valence electrons. The standard InChI is InChI=1S/C21H14ClN3OS/c1-13-24-20-19(18(12-27-20)16-5-7-17(22)8-6-16)21(26)25(13)11-15-4-2-3-14(9-15)10-23/h2-9,12H,11H2,1H3. The molecular formula is C21H14ClN3OS. The number of aryl methyl sites for hydroxylation is 1. The zero-order valence-electron chi connectivity index (χ0n) is 14.4. The predicted molar refractivity (Wildman–Crippen MR) is 109 cm³/mol. The molecule has 2 heterocycles. The van der Waals surface area contributed by atoms with Crippen molar-refractivity contribution >= 4 is 33.2 Å². The zero-order chi connectivity index (χ0) is 19.0. The van der Waals surface area contributed by atoms with Crippen LogP contribution in [-0.4, -0.2) is 9.55 Å². The van der Waals surface area contributed by atoms with Crippen molar-refractivity contribution in [3.05, 3.63) is 86.2 Å². The lowest BCUT2D eigenvalue weighted by Crippen LogP contribution is -2.24. The van der Waals surface area contributed by atoms with E-state index in [1.165, 1.54) is 11.3 Å². The van der Waals surface area contributed by atoms with Gasteiger partial charge in [0, 0.05) is 16.0 Å². The molecule has 0 atom stereocenters. The lowest BCUT2D eigenvalue weighted by molar-refractivity contribution is 0.714. The molecule has 27 heavy (non-hydrogen) atoms. The summed E-state index contributed by atoms with van der Waals surface area (Å²) in [5, 5.41) is 12.3. The Kier molecular flexibility index (Phi) is 4.53. The molecule has 0 amide bonds. The third-order valence-corrected chi connectivity index (χ3v) is 5.56. The number of aromatic nitrogens is 2. The lowest BCUT2D eigenvalue weighted by Gasteiger charge is -2.10. The largest absolute Gasteiger partial charge is 0.292 e. The molecule has 0 N–H and O–H groups in total. The number of thiophene rings is 1. The van der Waals surface area contributed by atoms with Crippen LogP contribution in [0, 0.1) is 18.3 Å². The number of fused-ring (bicyclic) bond motifs is 1. The topological polar surface area (TPSA) is 58.7 Å². The van der Waals surface area contributed by atoms with Crippen LogP contribution in [0.2, 0.25) is 5.02 Å². The molecule has 0 aliphatic rings. The smallest absolute Gasteiger partial charge is 0.263 e. The van der Waals surface area contributed by atoms with E-state index in [2.05, 4.69) is 11.1 Å². The molecule has 4 rings (SSSR count). The molecular weight excluding hydrogens is 378 g/mol. The molecule has 0 saturated heterocycles. The van der Waals surface area contributed by atoms with E-state index < -0.39 is 0 Å². The number of hydrogen-bond acceptors (Lipinski definition) is 4. The first-order chi connectivity index (χ1) is 13.1. The van der Waals surface area contributed by atoms with Gasteiger partial charge in [0.2, 0.25) is 0 Å². The maximum atomic E-state index is 13.3. The maximum absolute atomic E-state index is 13.3. The Balaban J connectivity index is 1.87. The van der Waals surface area contributed by atoms with Gasteiger partial charge in [0.05, 0.1) is 23.6 Å². The van der Waals surface area contributed by atoms with E-state index in [4.69, 9.17) is 16.9 Å². The fraction of sp³-hybridized carbons (Fsp3) is 0.0952. The number of hydrogen-bond donors (Lipinski definition) is 0. The maximum Gasteiger partial charge on any atom is 0.263 e. The molecule has 4 aromatic rings. The first-order valence-electron chi connectivity index (χ1n) is 8.30. The van der Waals surface area contributed by atoms with E-state index in [0.717, 1.165) is 21.5 Å². The van der Waals surface area contributed by atoms with Crippen LogP contribution in [0.15, 0.2) is 58.7 Å². The predicted octanol–water partition coefficient (Wildman–Crippen LogP) is 5.01. The number of nitriles is 1. The van der Waals surface area contributed by atoms with Gasteiger partial charge in [0.15, 0.2) is 0 Å². The highest BCUT2D eigenvalue weighted by atomic mass is 35.5. The highest BCUT2D eigenvalue weighted by Crippen LogP contribution is 2.31. The van der Waals surface area contributed by atoms with E-state index in [-0.39, 0.29) is 5.56 Å². The zero-order valence-corrected chi connectivity index (χ0v) is 16.0. The van der Waals surface area contributed by atoms with Crippen molar-refractivity contribution in [2.24, 2.45) is 0 Å². The Labute approximate surface area is 164 Å². The van der Waals surface area contributed by atoms with Crippen molar-refractivity contribution in [3.8, 4) is 17.2 Å². The molecule has 0 radical (unpaired) electrons. The third kappa shape index (κ3) is 3.25. The van der Waals surface area contributed by atoms with Gasteiger partial charge in [-0.05, 0) is 42.3 Å². The van der Waals surface area contributed by atoms with E-state index in [1.807, 2.05) is 48.7 Å². The molecule has 0 fully saturated rings. The van der Waals surface area contributed by atoms with Crippen LogP contribution in [0.5, 0.6) is 0 Å². The molecule has 2 aromatic carbocycles. The SMILES string of the molecule is Cc1nc2scc(-c3ccc(Cl)cc3)c2c(=O)n1Cc1cccc(C#N)c1. The first kappa shape index (κ1) is 17.5. The van der Waals surface area contributed by atoms with Crippen molar-refractivity contribution in [1.29, 1.82) is 5.26 Å². The van der Waals surface area contributed by atoms with Crippen LogP contribution < -0.4 is 5.56 Å². The minimum atomic E-state index is -0.0777. The third-order valence-electron chi connectivity index (χ3n) is 4.44. The number of rotatable bonds is 3. The van der Waals surface area contributed by atoms with Gasteiger partial charge in [0.25, 0.3) is 5.56 Å². The summed E-state index contributed by atoms with van der Waals surface area (Å²) in [6.45, 7) is 2.20. The summed E-state index contributed by atoms with van der Waals surface area (Å²) in [5.41, 5.74) is 3.19. The second-order valence-electron chi connectivity index (χ2n) is 6.20. The number of nitrogens with zero attached hydrogens (tertiary/aromatic N) is 3. The van der Waals surface area contributed by atoms with Gasteiger partial charge in [-0.1, -0.05) is 35.9 Å². The van der Waals surface area contributed by atoms with E-state index in [0.29, 0.717) is 28.3 Å². The Hall–Kier alpha value is -2.94. The van der Waals surface area contributed by atoms with Crippen LogP contribution in [0.25, 0.3) is 21.3 Å². The Morgan fingerprint density at radius 1 is 1.22 bits per heavy atom. The molecule has 0 bridgehead atoms. The highest BCUT2D eigenvalue weighted by Gasteiger charge is 2.15.